The summed E-state index contributed by atoms with van der Waals surface area (Å²) in [7, 11) is 4.03. The molecule has 0 amide bonds. The van der Waals surface area contributed by atoms with Crippen LogP contribution in [0.15, 0.2) is 40.1 Å². The van der Waals surface area contributed by atoms with Crippen molar-refractivity contribution in [3.05, 3.63) is 51.9 Å². The summed E-state index contributed by atoms with van der Waals surface area (Å²) in [6.07, 6.45) is 3.18. The van der Waals surface area contributed by atoms with Gasteiger partial charge in [0.15, 0.2) is 6.17 Å². The topological polar surface area (TPSA) is 65.8 Å². The quantitative estimate of drug-likeness (QED) is 0.884. The van der Waals surface area contributed by atoms with Gasteiger partial charge in [0.25, 0.3) is 5.56 Å². The van der Waals surface area contributed by atoms with E-state index in [1.165, 1.54) is 6.42 Å². The van der Waals surface area contributed by atoms with Gasteiger partial charge < -0.3 is 9.80 Å². The maximum absolute atomic E-state index is 12.7. The molecule has 2 aromatic rings. The Morgan fingerprint density at radius 2 is 1.81 bits per heavy atom. The molecule has 1 saturated heterocycles. The number of hydrogen-bond donors (Lipinski definition) is 1. The molecule has 0 radical (unpaired) electrons. The van der Waals surface area contributed by atoms with Crippen LogP contribution in [-0.2, 0) is 0 Å². The fraction of sp³-hybridized carbons (Fsp3) is 0.450. The Morgan fingerprint density at radius 3 is 2.48 bits per heavy atom. The summed E-state index contributed by atoms with van der Waals surface area (Å²) in [6, 6.07) is 9.75. The van der Waals surface area contributed by atoms with Crippen molar-refractivity contribution in [2.45, 2.75) is 32.4 Å². The third kappa shape index (κ3) is 3.41. The molecule has 0 aliphatic carbocycles. The minimum absolute atomic E-state index is 0.0897. The molecule has 1 atom stereocenters. The number of likely N-dealkylation sites (tertiary alicyclic amines) is 1. The predicted octanol–water partition coefficient (Wildman–Crippen LogP) is 2.43. The van der Waals surface area contributed by atoms with Crippen LogP contribution in [0.1, 0.15) is 36.7 Å². The fourth-order valence-corrected chi connectivity index (χ4v) is 3.67. The van der Waals surface area contributed by atoms with Crippen molar-refractivity contribution in [1.82, 2.24) is 14.5 Å². The van der Waals surface area contributed by atoms with Crippen molar-refractivity contribution < 1.29 is 0 Å². The van der Waals surface area contributed by atoms with Crippen LogP contribution in [-0.4, -0.2) is 47.6 Å². The van der Waals surface area contributed by atoms with Gasteiger partial charge in [-0.15, -0.1) is 0 Å². The van der Waals surface area contributed by atoms with E-state index in [1.54, 1.807) is 10.6 Å². The molecule has 1 aromatic carbocycles. The van der Waals surface area contributed by atoms with Crippen molar-refractivity contribution in [2.24, 2.45) is 4.99 Å². The van der Waals surface area contributed by atoms with Gasteiger partial charge in [-0.1, -0.05) is 12.1 Å². The highest BCUT2D eigenvalue weighted by Crippen LogP contribution is 2.28. The number of nitrogens with one attached hydrogen (secondary N) is 1. The average molecular weight is 366 g/mol. The molecule has 1 N–H and O–H groups in total. The molecule has 7 heteroatoms. The molecule has 2 aliphatic heterocycles. The van der Waals surface area contributed by atoms with Gasteiger partial charge in [-0.05, 0) is 43.9 Å². The summed E-state index contributed by atoms with van der Waals surface area (Å²) in [6.45, 7) is 3.81. The van der Waals surface area contributed by atoms with Gasteiger partial charge in [0.05, 0.1) is 0 Å². The van der Waals surface area contributed by atoms with Gasteiger partial charge in [-0.2, -0.15) is 0 Å². The zero-order valence-corrected chi connectivity index (χ0v) is 16.1. The smallest absolute Gasteiger partial charge is 0.257 e. The largest absolute Gasteiger partial charge is 0.378 e. The van der Waals surface area contributed by atoms with Crippen molar-refractivity contribution in [3.8, 4) is 0 Å². The summed E-state index contributed by atoms with van der Waals surface area (Å²) in [5.74, 6) is 1.38. The average Bonchev–Trinajstić information content (AvgIpc) is 2.67. The van der Waals surface area contributed by atoms with E-state index in [-0.39, 0.29) is 5.56 Å². The molecule has 0 spiro atoms. The van der Waals surface area contributed by atoms with Gasteiger partial charge in [0, 0.05) is 44.6 Å². The van der Waals surface area contributed by atoms with Crippen LogP contribution < -0.4 is 15.8 Å². The lowest BCUT2D eigenvalue weighted by Crippen LogP contribution is -2.45. The van der Waals surface area contributed by atoms with E-state index in [2.05, 4.69) is 32.2 Å². The summed E-state index contributed by atoms with van der Waals surface area (Å²) < 4.78 is 1.64. The number of hydrogen-bond acceptors (Lipinski definition) is 6. The molecule has 27 heavy (non-hydrogen) atoms. The van der Waals surface area contributed by atoms with Crippen molar-refractivity contribution in [1.29, 1.82) is 0 Å². The minimum atomic E-state index is -0.407. The highest BCUT2D eigenvalue weighted by atomic mass is 16.1. The van der Waals surface area contributed by atoms with E-state index in [9.17, 15) is 4.79 Å². The number of guanidine groups is 1. The molecule has 3 heterocycles. The first-order chi connectivity index (χ1) is 13.0. The normalized spacial score (nSPS) is 19.1. The molecule has 2 aliphatic rings. The molecule has 0 saturated carbocycles. The second kappa shape index (κ2) is 7.06. The predicted molar refractivity (Wildman–Crippen MR) is 109 cm³/mol. The van der Waals surface area contributed by atoms with Gasteiger partial charge in [0.2, 0.25) is 11.9 Å². The summed E-state index contributed by atoms with van der Waals surface area (Å²) in [5.41, 5.74) is 2.71. The molecular weight excluding hydrogens is 340 g/mol. The Labute approximate surface area is 159 Å². The molecule has 0 unspecified atom stereocenters. The summed E-state index contributed by atoms with van der Waals surface area (Å²) in [4.78, 5) is 26.5. The summed E-state index contributed by atoms with van der Waals surface area (Å²) >= 11 is 0. The number of benzene rings is 1. The number of anilines is 2. The Morgan fingerprint density at radius 1 is 1.11 bits per heavy atom. The van der Waals surface area contributed by atoms with Gasteiger partial charge in [0.1, 0.15) is 0 Å². The molecule has 1 aromatic heterocycles. The number of aliphatic imine (C=N–C) groups is 1. The first kappa shape index (κ1) is 17.6. The first-order valence-electron chi connectivity index (χ1n) is 9.50. The lowest BCUT2D eigenvalue weighted by molar-refractivity contribution is 0.335. The number of piperidine rings is 1. The zero-order chi connectivity index (χ0) is 19.0. The van der Waals surface area contributed by atoms with E-state index in [1.807, 2.05) is 33.2 Å². The van der Waals surface area contributed by atoms with Crippen molar-refractivity contribution in [2.75, 3.05) is 37.4 Å². The van der Waals surface area contributed by atoms with Crippen LogP contribution in [0.2, 0.25) is 0 Å². The zero-order valence-electron chi connectivity index (χ0n) is 16.1. The van der Waals surface area contributed by atoms with Gasteiger partial charge in [-0.3, -0.25) is 14.7 Å². The van der Waals surface area contributed by atoms with Gasteiger partial charge in [-0.25, -0.2) is 9.98 Å². The van der Waals surface area contributed by atoms with Crippen LogP contribution in [0.25, 0.3) is 0 Å². The van der Waals surface area contributed by atoms with Crippen molar-refractivity contribution in [3.63, 3.8) is 0 Å². The van der Waals surface area contributed by atoms with Crippen LogP contribution in [0.5, 0.6) is 0 Å². The van der Waals surface area contributed by atoms with E-state index in [4.69, 9.17) is 4.99 Å². The minimum Gasteiger partial charge on any atom is -0.378 e. The molecule has 1 fully saturated rings. The van der Waals surface area contributed by atoms with E-state index in [0.29, 0.717) is 11.6 Å². The Bertz CT molecular complexity index is 909. The number of aromatic nitrogens is 2. The maximum atomic E-state index is 12.7. The lowest BCUT2D eigenvalue weighted by atomic mass is 10.1. The number of nitrogens with zero attached hydrogens (tertiary/aromatic N) is 5. The van der Waals surface area contributed by atoms with Crippen LogP contribution in [0, 0.1) is 6.92 Å². The second-order valence-corrected chi connectivity index (χ2v) is 7.41. The SMILES string of the molecule is Cc1cc(=O)n2c(n1)NC(N1CCCCC1)=N[C@H]2c1ccc(N(C)C)cc1. The van der Waals surface area contributed by atoms with Gasteiger partial charge >= 0.3 is 0 Å². The summed E-state index contributed by atoms with van der Waals surface area (Å²) in [5, 5.41) is 3.30. The maximum Gasteiger partial charge on any atom is 0.257 e. The number of aryl methyl sites for hydroxylation is 1. The monoisotopic (exact) mass is 366 g/mol. The van der Waals surface area contributed by atoms with E-state index >= 15 is 0 Å². The molecule has 0 bridgehead atoms. The Balaban J connectivity index is 1.79. The lowest BCUT2D eigenvalue weighted by Gasteiger charge is -2.34. The number of fused-ring (bicyclic) bond motifs is 1. The fourth-order valence-electron chi connectivity index (χ4n) is 3.67. The second-order valence-electron chi connectivity index (χ2n) is 7.41. The van der Waals surface area contributed by atoms with Crippen LogP contribution in [0.4, 0.5) is 11.6 Å². The molecular formula is C20H26N6O. The highest BCUT2D eigenvalue weighted by molar-refractivity contribution is 5.93. The molecule has 4 rings (SSSR count). The Hall–Kier alpha value is -2.83. The first-order valence-corrected chi connectivity index (χ1v) is 9.50. The standard InChI is InChI=1S/C20H26N6O/c1-14-13-17(27)26-18(15-7-9-16(10-8-15)24(2)3)22-19(23-20(26)21-14)25-11-5-4-6-12-25/h7-10,13,18H,4-6,11-12H2,1-3H3,(H,21,22,23)/t18-/m1/s1. The third-order valence-corrected chi connectivity index (χ3v) is 5.16. The van der Waals surface area contributed by atoms with Crippen LogP contribution in [0.3, 0.4) is 0 Å². The molecule has 142 valence electrons. The number of rotatable bonds is 2. The van der Waals surface area contributed by atoms with Crippen molar-refractivity contribution >= 4 is 17.6 Å². The van der Waals surface area contributed by atoms with E-state index < -0.39 is 6.17 Å². The highest BCUT2D eigenvalue weighted by Gasteiger charge is 2.28. The van der Waals surface area contributed by atoms with Crippen LogP contribution >= 0.6 is 0 Å². The third-order valence-electron chi connectivity index (χ3n) is 5.16. The Kier molecular flexibility index (Phi) is 4.59. The molecule has 7 nitrogen and oxygen atoms in total. The van der Waals surface area contributed by atoms with E-state index in [0.717, 1.165) is 43.1 Å².